The molecule has 1 aromatic heterocycles. The van der Waals surface area contributed by atoms with Crippen LogP contribution >= 0.6 is 11.6 Å². The molecule has 0 atom stereocenters. The Labute approximate surface area is 128 Å². The van der Waals surface area contributed by atoms with Gasteiger partial charge in [-0.15, -0.1) is 0 Å². The van der Waals surface area contributed by atoms with Gasteiger partial charge in [0, 0.05) is 18.6 Å². The molecule has 5 heteroatoms. The fourth-order valence-corrected chi connectivity index (χ4v) is 2.70. The molecule has 0 bridgehead atoms. The van der Waals surface area contributed by atoms with Crippen LogP contribution in [0.1, 0.15) is 23.3 Å². The van der Waals surface area contributed by atoms with Crippen LogP contribution in [0.15, 0.2) is 30.3 Å². The van der Waals surface area contributed by atoms with Crippen molar-refractivity contribution in [1.29, 1.82) is 0 Å². The molecule has 0 radical (unpaired) electrons. The molecule has 4 nitrogen and oxygen atoms in total. The zero-order valence-corrected chi connectivity index (χ0v) is 12.3. The molecule has 0 N–H and O–H groups in total. The molecule has 1 fully saturated rings. The lowest BCUT2D eigenvalue weighted by atomic mass is 10.0. The number of aromatic nitrogens is 1. The first-order valence-electron chi connectivity index (χ1n) is 7.04. The summed E-state index contributed by atoms with van der Waals surface area (Å²) in [5, 5.41) is 2.04. The van der Waals surface area contributed by atoms with Gasteiger partial charge in [-0.2, -0.15) is 0 Å². The van der Waals surface area contributed by atoms with Gasteiger partial charge in [-0.1, -0.05) is 35.9 Å². The number of rotatable bonds is 3. The molecule has 0 aliphatic carbocycles. The highest BCUT2D eigenvalue weighted by atomic mass is 35.5. The number of hydrogen-bond acceptors (Lipinski definition) is 4. The first kappa shape index (κ1) is 14.3. The number of ether oxygens (including phenoxy) is 2. The van der Waals surface area contributed by atoms with E-state index in [-0.39, 0.29) is 5.69 Å². The van der Waals surface area contributed by atoms with Crippen molar-refractivity contribution in [2.45, 2.75) is 12.8 Å². The van der Waals surface area contributed by atoms with Gasteiger partial charge in [0.25, 0.3) is 0 Å². The maximum atomic E-state index is 12.1. The van der Waals surface area contributed by atoms with Gasteiger partial charge in [0.2, 0.25) is 0 Å². The summed E-state index contributed by atoms with van der Waals surface area (Å²) < 4.78 is 10.6. The largest absolute Gasteiger partial charge is 0.461 e. The molecular weight excluding hydrogens is 290 g/mol. The molecule has 21 heavy (non-hydrogen) atoms. The third-order valence-corrected chi connectivity index (χ3v) is 3.98. The molecule has 3 rings (SSSR count). The maximum Gasteiger partial charge on any atom is 0.357 e. The van der Waals surface area contributed by atoms with Crippen LogP contribution in [0.25, 0.3) is 10.8 Å². The van der Waals surface area contributed by atoms with Crippen LogP contribution in [-0.2, 0) is 9.47 Å². The fraction of sp³-hybridized carbons (Fsp3) is 0.375. The fourth-order valence-electron chi connectivity index (χ4n) is 2.44. The lowest BCUT2D eigenvalue weighted by Crippen LogP contribution is -2.22. The second-order valence-corrected chi connectivity index (χ2v) is 5.53. The Bertz CT molecular complexity index is 653. The van der Waals surface area contributed by atoms with Crippen LogP contribution < -0.4 is 0 Å². The van der Waals surface area contributed by atoms with Gasteiger partial charge in [-0.25, -0.2) is 9.78 Å². The van der Waals surface area contributed by atoms with Crippen molar-refractivity contribution in [3.05, 3.63) is 41.2 Å². The second kappa shape index (κ2) is 6.41. The second-order valence-electron chi connectivity index (χ2n) is 5.17. The maximum absolute atomic E-state index is 12.1. The lowest BCUT2D eigenvalue weighted by Gasteiger charge is -2.21. The number of nitrogens with zero attached hydrogens (tertiary/aromatic N) is 1. The van der Waals surface area contributed by atoms with E-state index in [2.05, 4.69) is 4.98 Å². The van der Waals surface area contributed by atoms with Crippen LogP contribution in [0.4, 0.5) is 0 Å². The molecule has 0 saturated carbocycles. The van der Waals surface area contributed by atoms with E-state index in [0.29, 0.717) is 17.7 Å². The number of carbonyl (C=O) groups excluding carboxylic acids is 1. The van der Waals surface area contributed by atoms with E-state index in [1.165, 1.54) is 0 Å². The summed E-state index contributed by atoms with van der Waals surface area (Å²) >= 11 is 6.12. The minimum absolute atomic E-state index is 0.255. The number of fused-ring (bicyclic) bond motifs is 1. The van der Waals surface area contributed by atoms with E-state index in [0.717, 1.165) is 36.8 Å². The van der Waals surface area contributed by atoms with E-state index >= 15 is 0 Å². The van der Waals surface area contributed by atoms with Gasteiger partial charge >= 0.3 is 5.97 Å². The Morgan fingerprint density at radius 2 is 2.10 bits per heavy atom. The highest BCUT2D eigenvalue weighted by molar-refractivity contribution is 6.34. The molecule has 110 valence electrons. The zero-order valence-electron chi connectivity index (χ0n) is 11.5. The molecule has 0 unspecified atom stereocenters. The number of esters is 1. The summed E-state index contributed by atoms with van der Waals surface area (Å²) in [6, 6.07) is 9.28. The van der Waals surface area contributed by atoms with Crippen molar-refractivity contribution >= 4 is 28.3 Å². The van der Waals surface area contributed by atoms with Crippen LogP contribution in [0, 0.1) is 5.92 Å². The van der Waals surface area contributed by atoms with Gasteiger partial charge < -0.3 is 9.47 Å². The highest BCUT2D eigenvalue weighted by Crippen LogP contribution is 2.23. The van der Waals surface area contributed by atoms with E-state index in [1.54, 1.807) is 6.07 Å². The average molecular weight is 306 g/mol. The van der Waals surface area contributed by atoms with Crippen molar-refractivity contribution in [3.8, 4) is 0 Å². The Balaban J connectivity index is 1.72. The SMILES string of the molecule is O=C(OCC1CCOCC1)c1cc2ccccc2c(Cl)n1. The number of halogens is 1. The van der Waals surface area contributed by atoms with Crippen molar-refractivity contribution < 1.29 is 14.3 Å². The topological polar surface area (TPSA) is 48.4 Å². The summed E-state index contributed by atoms with van der Waals surface area (Å²) in [6.45, 7) is 1.89. The molecule has 2 heterocycles. The first-order chi connectivity index (χ1) is 10.2. The molecule has 1 saturated heterocycles. The van der Waals surface area contributed by atoms with E-state index in [1.807, 2.05) is 24.3 Å². The summed E-state index contributed by atoms with van der Waals surface area (Å²) in [6.07, 6.45) is 1.86. The predicted molar refractivity (Wildman–Crippen MR) is 80.6 cm³/mol. The van der Waals surface area contributed by atoms with Crippen molar-refractivity contribution in [2.75, 3.05) is 19.8 Å². The normalized spacial score (nSPS) is 16.0. The summed E-state index contributed by atoms with van der Waals surface area (Å²) in [5.74, 6) is -0.0484. The quantitative estimate of drug-likeness (QED) is 0.643. The number of pyridine rings is 1. The lowest BCUT2D eigenvalue weighted by molar-refractivity contribution is 0.0181. The Kier molecular flexibility index (Phi) is 4.36. The summed E-state index contributed by atoms with van der Waals surface area (Å²) in [4.78, 5) is 16.2. The van der Waals surface area contributed by atoms with E-state index < -0.39 is 5.97 Å². The monoisotopic (exact) mass is 305 g/mol. The van der Waals surface area contributed by atoms with Crippen LogP contribution in [0.5, 0.6) is 0 Å². The van der Waals surface area contributed by atoms with Crippen molar-refractivity contribution in [1.82, 2.24) is 4.98 Å². The van der Waals surface area contributed by atoms with Crippen molar-refractivity contribution in [3.63, 3.8) is 0 Å². The van der Waals surface area contributed by atoms with Gasteiger partial charge in [0.15, 0.2) is 5.69 Å². The number of hydrogen-bond donors (Lipinski definition) is 0. The van der Waals surface area contributed by atoms with Crippen LogP contribution in [0.2, 0.25) is 5.15 Å². The Morgan fingerprint density at radius 3 is 2.90 bits per heavy atom. The minimum Gasteiger partial charge on any atom is -0.461 e. The molecular formula is C16H16ClNO3. The van der Waals surface area contributed by atoms with Gasteiger partial charge in [0.1, 0.15) is 5.15 Å². The number of benzene rings is 1. The minimum atomic E-state index is -0.422. The van der Waals surface area contributed by atoms with E-state index in [9.17, 15) is 4.79 Å². The van der Waals surface area contributed by atoms with Crippen LogP contribution in [0.3, 0.4) is 0 Å². The standard InChI is InChI=1S/C16H16ClNO3/c17-15-13-4-2-1-3-12(13)9-14(18-15)16(19)21-10-11-5-7-20-8-6-11/h1-4,9,11H,5-8,10H2. The first-order valence-corrected chi connectivity index (χ1v) is 7.42. The molecule has 0 spiro atoms. The van der Waals surface area contributed by atoms with Gasteiger partial charge in [-0.3, -0.25) is 0 Å². The highest BCUT2D eigenvalue weighted by Gasteiger charge is 2.18. The van der Waals surface area contributed by atoms with Crippen LogP contribution in [-0.4, -0.2) is 30.8 Å². The molecule has 0 amide bonds. The Hall–Kier alpha value is -1.65. The summed E-state index contributed by atoms with van der Waals surface area (Å²) in [7, 11) is 0. The summed E-state index contributed by atoms with van der Waals surface area (Å²) in [5.41, 5.74) is 0.255. The van der Waals surface area contributed by atoms with Gasteiger partial charge in [-0.05, 0) is 30.2 Å². The third-order valence-electron chi connectivity index (χ3n) is 3.69. The zero-order chi connectivity index (χ0) is 14.7. The molecule has 2 aromatic rings. The smallest absolute Gasteiger partial charge is 0.357 e. The average Bonchev–Trinajstić information content (AvgIpc) is 2.53. The predicted octanol–water partition coefficient (Wildman–Crippen LogP) is 3.47. The third kappa shape index (κ3) is 3.34. The molecule has 1 aromatic carbocycles. The van der Waals surface area contributed by atoms with Gasteiger partial charge in [0.05, 0.1) is 6.61 Å². The Morgan fingerprint density at radius 1 is 1.33 bits per heavy atom. The molecule has 1 aliphatic heterocycles. The molecule has 1 aliphatic rings. The number of carbonyl (C=O) groups is 1. The van der Waals surface area contributed by atoms with Crippen molar-refractivity contribution in [2.24, 2.45) is 5.92 Å². The van der Waals surface area contributed by atoms with E-state index in [4.69, 9.17) is 21.1 Å².